The van der Waals surface area contributed by atoms with E-state index in [0.717, 1.165) is 17.0 Å². The molecule has 27 heavy (non-hydrogen) atoms. The van der Waals surface area contributed by atoms with Crippen molar-refractivity contribution in [2.75, 3.05) is 5.32 Å². The average Bonchev–Trinajstić information content (AvgIpc) is 3.14. The molecule has 7 nitrogen and oxygen atoms in total. The Morgan fingerprint density at radius 3 is 2.63 bits per heavy atom. The molecule has 0 spiro atoms. The van der Waals surface area contributed by atoms with Crippen LogP contribution >= 0.6 is 34.5 Å². The minimum Gasteiger partial charge on any atom is -0.309 e. The summed E-state index contributed by atoms with van der Waals surface area (Å²) in [6.07, 6.45) is 0.00773. The summed E-state index contributed by atoms with van der Waals surface area (Å²) in [6.45, 7) is 1.82. The van der Waals surface area contributed by atoms with E-state index in [4.69, 9.17) is 28.3 Å². The summed E-state index contributed by atoms with van der Waals surface area (Å²) in [5, 5.41) is 13.0. The van der Waals surface area contributed by atoms with E-state index in [1.807, 2.05) is 6.92 Å². The highest BCUT2D eigenvalue weighted by atomic mass is 35.5. The number of primary sulfonamides is 1. The first kappa shape index (κ1) is 19.8. The topological polar surface area (TPSA) is 107 Å². The molecule has 1 amide bonds. The Morgan fingerprint density at radius 2 is 2.00 bits per heavy atom. The first-order chi connectivity index (χ1) is 12.6. The van der Waals surface area contributed by atoms with Gasteiger partial charge >= 0.3 is 0 Å². The number of halogens is 2. The molecule has 0 unspecified atom stereocenters. The van der Waals surface area contributed by atoms with Gasteiger partial charge in [0, 0.05) is 21.7 Å². The van der Waals surface area contributed by atoms with Crippen LogP contribution in [0.2, 0.25) is 10.0 Å². The lowest BCUT2D eigenvalue weighted by Crippen LogP contribution is -2.14. The van der Waals surface area contributed by atoms with E-state index >= 15 is 0 Å². The zero-order chi connectivity index (χ0) is 19.8. The molecule has 3 N–H and O–H groups in total. The van der Waals surface area contributed by atoms with Gasteiger partial charge in [-0.2, -0.15) is 0 Å². The summed E-state index contributed by atoms with van der Waals surface area (Å²) in [4.78, 5) is 12.8. The zero-order valence-corrected chi connectivity index (χ0v) is 17.1. The van der Waals surface area contributed by atoms with Gasteiger partial charge in [-0.05, 0) is 37.3 Å². The predicted molar refractivity (Wildman–Crippen MR) is 106 cm³/mol. The average molecular weight is 445 g/mol. The zero-order valence-electron chi connectivity index (χ0n) is 13.9. The second-order valence-corrected chi connectivity index (χ2v) is 9.47. The molecule has 0 aliphatic carbocycles. The van der Waals surface area contributed by atoms with E-state index in [1.54, 1.807) is 35.0 Å². The Labute approximate surface area is 169 Å². The van der Waals surface area contributed by atoms with Crippen LogP contribution in [0.5, 0.6) is 0 Å². The third-order valence-corrected chi connectivity index (χ3v) is 6.61. The number of carbonyl (C=O) groups is 1. The molecule has 0 radical (unpaired) electrons. The van der Waals surface area contributed by atoms with Gasteiger partial charge in [-0.25, -0.2) is 18.2 Å². The van der Waals surface area contributed by atoms with Crippen molar-refractivity contribution >= 4 is 56.3 Å². The fourth-order valence-electron chi connectivity index (χ4n) is 2.38. The molecule has 0 bridgehead atoms. The van der Waals surface area contributed by atoms with Crippen molar-refractivity contribution < 1.29 is 13.2 Å². The van der Waals surface area contributed by atoms with Gasteiger partial charge in [0.05, 0.1) is 17.1 Å². The first-order valence-electron chi connectivity index (χ1n) is 7.57. The third-order valence-electron chi connectivity index (χ3n) is 3.55. The number of hydrogen-bond acceptors (Lipinski definition) is 5. The van der Waals surface area contributed by atoms with E-state index in [9.17, 15) is 13.2 Å². The highest BCUT2D eigenvalue weighted by molar-refractivity contribution is 7.91. The van der Waals surface area contributed by atoms with Crippen LogP contribution < -0.4 is 10.5 Å². The number of rotatable bonds is 5. The Balaban J connectivity index is 1.75. The van der Waals surface area contributed by atoms with Crippen LogP contribution in [0.4, 0.5) is 5.82 Å². The summed E-state index contributed by atoms with van der Waals surface area (Å²) >= 11 is 13.1. The number of nitrogens with zero attached hydrogens (tertiary/aromatic N) is 2. The van der Waals surface area contributed by atoms with Gasteiger partial charge < -0.3 is 5.32 Å². The normalized spacial score (nSPS) is 11.6. The standard InChI is InChI=1S/C16H14Cl2N4O3S2/c1-9-6-14(21-22(9)13-4-2-10(17)7-12(13)18)20-15(23)8-11-3-5-16(26-11)27(19,24)25/h2-7H,8H2,1H3,(H2,19,24,25)(H,20,21,23). The highest BCUT2D eigenvalue weighted by Crippen LogP contribution is 2.26. The van der Waals surface area contributed by atoms with E-state index in [0.29, 0.717) is 26.4 Å². The number of thiophene rings is 1. The van der Waals surface area contributed by atoms with Gasteiger partial charge in [0.15, 0.2) is 5.82 Å². The Bertz CT molecular complexity index is 1120. The minimum atomic E-state index is -3.77. The molecule has 2 aromatic heterocycles. The maximum atomic E-state index is 12.2. The van der Waals surface area contributed by atoms with E-state index < -0.39 is 10.0 Å². The number of benzene rings is 1. The molecular formula is C16H14Cl2N4O3S2. The molecule has 0 saturated heterocycles. The molecule has 0 aliphatic heterocycles. The summed E-state index contributed by atoms with van der Waals surface area (Å²) in [5.41, 5.74) is 1.40. The molecule has 0 saturated carbocycles. The first-order valence-corrected chi connectivity index (χ1v) is 10.7. The molecule has 1 aromatic carbocycles. The predicted octanol–water partition coefficient (Wildman–Crippen LogP) is 3.38. The van der Waals surface area contributed by atoms with Crippen LogP contribution in [0.1, 0.15) is 10.6 Å². The maximum absolute atomic E-state index is 12.2. The third kappa shape index (κ3) is 4.69. The van der Waals surface area contributed by atoms with Crippen LogP contribution in [0.15, 0.2) is 40.6 Å². The van der Waals surface area contributed by atoms with Gasteiger partial charge in [-0.3, -0.25) is 4.79 Å². The number of aryl methyl sites for hydroxylation is 1. The number of carbonyl (C=O) groups excluding carboxylic acids is 1. The second kappa shape index (κ2) is 7.61. The van der Waals surface area contributed by atoms with E-state index in [1.165, 1.54) is 6.07 Å². The van der Waals surface area contributed by atoms with Gasteiger partial charge in [0.1, 0.15) is 4.21 Å². The number of sulfonamides is 1. The second-order valence-electron chi connectivity index (χ2n) is 5.67. The number of nitrogens with two attached hydrogens (primary N) is 1. The fourth-order valence-corrected chi connectivity index (χ4v) is 4.65. The number of hydrogen-bond donors (Lipinski definition) is 2. The van der Waals surface area contributed by atoms with Crippen LogP contribution in [-0.4, -0.2) is 24.1 Å². The highest BCUT2D eigenvalue weighted by Gasteiger charge is 2.15. The summed E-state index contributed by atoms with van der Waals surface area (Å²) < 4.78 is 24.2. The molecule has 0 fully saturated rings. The molecule has 0 atom stereocenters. The van der Waals surface area contributed by atoms with Crippen molar-refractivity contribution in [2.45, 2.75) is 17.6 Å². The number of amides is 1. The van der Waals surface area contributed by atoms with Crippen molar-refractivity contribution in [2.24, 2.45) is 5.14 Å². The van der Waals surface area contributed by atoms with Crippen molar-refractivity contribution in [3.05, 3.63) is 57.0 Å². The molecular weight excluding hydrogens is 431 g/mol. The molecule has 3 rings (SSSR count). The number of nitrogens with one attached hydrogen (secondary N) is 1. The van der Waals surface area contributed by atoms with Crippen molar-refractivity contribution in [1.82, 2.24) is 9.78 Å². The number of anilines is 1. The van der Waals surface area contributed by atoms with Gasteiger partial charge in [0.25, 0.3) is 0 Å². The van der Waals surface area contributed by atoms with Crippen LogP contribution in [-0.2, 0) is 21.2 Å². The summed E-state index contributed by atoms with van der Waals surface area (Å²) in [7, 11) is -3.77. The lowest BCUT2D eigenvalue weighted by Gasteiger charge is -2.06. The monoisotopic (exact) mass is 444 g/mol. The Morgan fingerprint density at radius 1 is 1.26 bits per heavy atom. The van der Waals surface area contributed by atoms with E-state index in [-0.39, 0.29) is 16.5 Å². The smallest absolute Gasteiger partial charge is 0.247 e. The SMILES string of the molecule is Cc1cc(NC(=O)Cc2ccc(S(N)(=O)=O)s2)nn1-c1ccc(Cl)cc1Cl. The molecule has 2 heterocycles. The lowest BCUT2D eigenvalue weighted by molar-refractivity contribution is -0.115. The van der Waals surface area contributed by atoms with Crippen LogP contribution in [0.25, 0.3) is 5.69 Å². The summed E-state index contributed by atoms with van der Waals surface area (Å²) in [5.74, 6) is 0.0245. The molecule has 0 aliphatic rings. The van der Waals surface area contributed by atoms with E-state index in [2.05, 4.69) is 10.4 Å². The van der Waals surface area contributed by atoms with Crippen molar-refractivity contribution in [3.63, 3.8) is 0 Å². The number of aromatic nitrogens is 2. The largest absolute Gasteiger partial charge is 0.309 e. The fraction of sp³-hybridized carbons (Fsp3) is 0.125. The van der Waals surface area contributed by atoms with Crippen molar-refractivity contribution in [1.29, 1.82) is 0 Å². The van der Waals surface area contributed by atoms with Gasteiger partial charge in [-0.15, -0.1) is 16.4 Å². The van der Waals surface area contributed by atoms with Crippen LogP contribution in [0.3, 0.4) is 0 Å². The van der Waals surface area contributed by atoms with Gasteiger partial charge in [-0.1, -0.05) is 23.2 Å². The Hall–Kier alpha value is -1.91. The van der Waals surface area contributed by atoms with Crippen molar-refractivity contribution in [3.8, 4) is 5.69 Å². The minimum absolute atomic E-state index is 0.00773. The molecule has 3 aromatic rings. The maximum Gasteiger partial charge on any atom is 0.247 e. The molecule has 11 heteroatoms. The van der Waals surface area contributed by atoms with Crippen LogP contribution in [0, 0.1) is 6.92 Å². The lowest BCUT2D eigenvalue weighted by atomic mass is 10.3. The molecule has 142 valence electrons. The van der Waals surface area contributed by atoms with Gasteiger partial charge in [0.2, 0.25) is 15.9 Å². The quantitative estimate of drug-likeness (QED) is 0.628. The Kier molecular flexibility index (Phi) is 5.59. The summed E-state index contributed by atoms with van der Waals surface area (Å²) in [6, 6.07) is 9.68.